The SMILES string of the molecule is COC(=O)C(CCCN=C(N)NOP(=O)(O)OC[C@H]1O[C@@H](n2ccc(N)nc2=O)[C@H](O)[C@@H]1O)NS(=O)(=O)c1cc(F)c(Oc2ccc(Cl)cc2)c(F)c1. The van der Waals surface area contributed by atoms with Crippen LogP contribution in [0.4, 0.5) is 14.6 Å². The van der Waals surface area contributed by atoms with Gasteiger partial charge in [0.05, 0.1) is 18.6 Å². The van der Waals surface area contributed by atoms with Gasteiger partial charge in [-0.25, -0.2) is 32.0 Å². The molecule has 0 spiro atoms. The Labute approximate surface area is 303 Å². The number of nitrogens with one attached hydrogen (secondary N) is 2. The van der Waals surface area contributed by atoms with Crippen molar-refractivity contribution in [1.29, 1.82) is 0 Å². The molecule has 20 nitrogen and oxygen atoms in total. The summed E-state index contributed by atoms with van der Waals surface area (Å²) in [5.41, 5.74) is 12.0. The monoisotopic (exact) mass is 811 g/mol. The highest BCUT2D eigenvalue weighted by Crippen LogP contribution is 2.43. The second kappa shape index (κ2) is 17.7. The lowest BCUT2D eigenvalue weighted by Gasteiger charge is -2.18. The molecule has 1 aliphatic heterocycles. The van der Waals surface area contributed by atoms with E-state index in [-0.39, 0.29) is 31.0 Å². The third-order valence-corrected chi connectivity index (χ3v) is 9.66. The molecule has 0 saturated carbocycles. The van der Waals surface area contributed by atoms with Crippen molar-refractivity contribution in [3.63, 3.8) is 0 Å². The molecule has 3 aromatic rings. The number of aliphatic hydroxyl groups is 2. The van der Waals surface area contributed by atoms with E-state index in [1.165, 1.54) is 36.5 Å². The summed E-state index contributed by atoms with van der Waals surface area (Å²) in [7, 11) is -8.67. The molecule has 1 fully saturated rings. The molecule has 4 rings (SSSR count). The molecule has 2 aromatic carbocycles. The van der Waals surface area contributed by atoms with Crippen LogP contribution in [0.5, 0.6) is 11.5 Å². The van der Waals surface area contributed by atoms with Crippen LogP contribution in [-0.2, 0) is 38.0 Å². The minimum Gasteiger partial charge on any atom is -0.468 e. The maximum atomic E-state index is 14.8. The van der Waals surface area contributed by atoms with Gasteiger partial charge < -0.3 is 40.8 Å². The molecule has 2 heterocycles. The minimum atomic E-state index is -4.95. The van der Waals surface area contributed by atoms with Crippen LogP contribution in [0.15, 0.2) is 63.3 Å². The number of hydroxylamine groups is 1. The molecule has 290 valence electrons. The van der Waals surface area contributed by atoms with Crippen molar-refractivity contribution in [2.75, 3.05) is 26.0 Å². The van der Waals surface area contributed by atoms with Gasteiger partial charge in [0.1, 0.15) is 35.9 Å². The smallest absolute Gasteiger partial charge is 0.468 e. The number of carbonyl (C=O) groups is 1. The number of phosphoric ester groups is 1. The molecule has 0 bridgehead atoms. The van der Waals surface area contributed by atoms with Gasteiger partial charge in [-0.3, -0.25) is 18.9 Å². The summed E-state index contributed by atoms with van der Waals surface area (Å²) in [5, 5.41) is 20.9. The average Bonchev–Trinajstić information content (AvgIpc) is 3.38. The predicted molar refractivity (Wildman–Crippen MR) is 179 cm³/mol. The highest BCUT2D eigenvalue weighted by molar-refractivity contribution is 7.89. The number of guanidine groups is 1. The van der Waals surface area contributed by atoms with Crippen molar-refractivity contribution in [2.45, 2.75) is 48.3 Å². The Morgan fingerprint density at radius 2 is 1.85 bits per heavy atom. The molecule has 25 heteroatoms. The van der Waals surface area contributed by atoms with Crippen LogP contribution < -0.4 is 32.1 Å². The van der Waals surface area contributed by atoms with E-state index in [1.54, 1.807) is 0 Å². The summed E-state index contributed by atoms with van der Waals surface area (Å²) in [6.07, 6.45) is -5.29. The third kappa shape index (κ3) is 11.1. The van der Waals surface area contributed by atoms with E-state index in [1.807, 2.05) is 10.2 Å². The number of hydrogen-bond acceptors (Lipinski definition) is 15. The van der Waals surface area contributed by atoms with E-state index < -0.39 is 94.9 Å². The molecular formula is C28H33ClF2N7O13PS. The summed E-state index contributed by atoms with van der Waals surface area (Å²) < 4.78 is 95.2. The molecule has 2 unspecified atom stereocenters. The molecule has 53 heavy (non-hydrogen) atoms. The Morgan fingerprint density at radius 3 is 2.47 bits per heavy atom. The van der Waals surface area contributed by atoms with Crippen LogP contribution in [0.25, 0.3) is 0 Å². The zero-order chi connectivity index (χ0) is 39.1. The number of esters is 1. The van der Waals surface area contributed by atoms with Gasteiger partial charge in [0, 0.05) is 17.8 Å². The van der Waals surface area contributed by atoms with Gasteiger partial charge in [0.15, 0.2) is 23.6 Å². The standard InChI is InChI=1S/C28H33ClF2N7O13PS/c1-47-26(41)19(37-53(45,46)16-11-17(30)24(18(31)12-16)49-15-6-4-14(29)5-7-15)3-2-9-34-27(33)36-51-52(43,44)48-13-20-22(39)23(40)25(50-20)38-10-8-21(32)35-28(38)42/h4-8,10-12,19-20,22-23,25,37,39-40H,2-3,9,13H2,1H3,(H,43,44)(H2,32,35,42)(H3,33,34,36)/t19?,20-,22-,23-,25-/m1/s1. The van der Waals surface area contributed by atoms with Gasteiger partial charge >= 0.3 is 19.5 Å². The number of benzene rings is 2. The second-order valence-electron chi connectivity index (χ2n) is 10.9. The Balaban J connectivity index is 1.27. The molecule has 0 radical (unpaired) electrons. The number of hydrogen-bond donors (Lipinski definition) is 7. The van der Waals surface area contributed by atoms with Gasteiger partial charge in [-0.1, -0.05) is 11.6 Å². The molecule has 1 saturated heterocycles. The number of nitrogens with two attached hydrogens (primary N) is 2. The van der Waals surface area contributed by atoms with Gasteiger partial charge in [0.25, 0.3) is 0 Å². The van der Waals surface area contributed by atoms with Gasteiger partial charge in [-0.15, -0.1) is 0 Å². The molecule has 1 aliphatic rings. The largest absolute Gasteiger partial charge is 0.493 e. The number of halogens is 3. The number of aliphatic imine (C=N–C) groups is 1. The summed E-state index contributed by atoms with van der Waals surface area (Å²) in [4.78, 5) is 40.8. The van der Waals surface area contributed by atoms with Crippen molar-refractivity contribution in [3.8, 4) is 11.5 Å². The first-order chi connectivity index (χ1) is 24.9. The number of phosphoric acid groups is 1. The number of ether oxygens (including phenoxy) is 3. The molecular weight excluding hydrogens is 779 g/mol. The number of sulfonamides is 1. The number of aliphatic hydroxyl groups excluding tert-OH is 2. The molecule has 0 amide bonds. The zero-order valence-electron chi connectivity index (χ0n) is 27.2. The second-order valence-corrected chi connectivity index (χ2v) is 14.5. The summed E-state index contributed by atoms with van der Waals surface area (Å²) in [5.74, 6) is -5.26. The Morgan fingerprint density at radius 1 is 1.19 bits per heavy atom. The van der Waals surface area contributed by atoms with Crippen molar-refractivity contribution in [2.24, 2.45) is 10.7 Å². The zero-order valence-corrected chi connectivity index (χ0v) is 29.7. The van der Waals surface area contributed by atoms with Crippen LogP contribution in [0.3, 0.4) is 0 Å². The van der Waals surface area contributed by atoms with E-state index in [9.17, 15) is 46.5 Å². The Kier molecular flexibility index (Phi) is 13.8. The molecule has 9 N–H and O–H groups in total. The van der Waals surface area contributed by atoms with Crippen LogP contribution >= 0.6 is 19.4 Å². The lowest BCUT2D eigenvalue weighted by Crippen LogP contribution is -2.41. The lowest BCUT2D eigenvalue weighted by molar-refractivity contribution is -0.142. The first-order valence-corrected chi connectivity index (χ1v) is 18.4. The summed E-state index contributed by atoms with van der Waals surface area (Å²) in [6.45, 7) is -1.02. The first kappa shape index (κ1) is 41.5. The minimum absolute atomic E-state index is 0.0238. The number of carbonyl (C=O) groups excluding carboxylic acids is 1. The summed E-state index contributed by atoms with van der Waals surface area (Å²) in [6, 6.07) is 6.19. The van der Waals surface area contributed by atoms with E-state index in [2.05, 4.69) is 19.3 Å². The van der Waals surface area contributed by atoms with Crippen LogP contribution in [-0.4, -0.2) is 89.6 Å². The van der Waals surface area contributed by atoms with Crippen molar-refractivity contribution < 1.29 is 65.0 Å². The van der Waals surface area contributed by atoms with Gasteiger partial charge in [0.2, 0.25) is 16.0 Å². The maximum Gasteiger partial charge on any atom is 0.493 e. The van der Waals surface area contributed by atoms with Crippen molar-refractivity contribution >= 4 is 47.2 Å². The number of nitrogen functional groups attached to an aromatic ring is 1. The number of nitrogens with zero attached hydrogens (tertiary/aromatic N) is 3. The van der Waals surface area contributed by atoms with E-state index >= 15 is 0 Å². The van der Waals surface area contributed by atoms with Crippen LogP contribution in [0.1, 0.15) is 19.1 Å². The number of rotatable bonds is 16. The Bertz CT molecular complexity index is 2010. The fourth-order valence-electron chi connectivity index (χ4n) is 4.57. The number of aromatic nitrogens is 2. The van der Waals surface area contributed by atoms with Gasteiger partial charge in [-0.2, -0.15) is 14.3 Å². The quantitative estimate of drug-likeness (QED) is 0.0258. The average molecular weight is 812 g/mol. The highest BCUT2D eigenvalue weighted by atomic mass is 35.5. The predicted octanol–water partition coefficient (Wildman–Crippen LogP) is 0.422. The number of methoxy groups -OCH3 is 1. The van der Waals surface area contributed by atoms with E-state index in [0.717, 1.165) is 11.7 Å². The third-order valence-electron chi connectivity index (χ3n) is 7.16. The highest BCUT2D eigenvalue weighted by Gasteiger charge is 2.45. The maximum absolute atomic E-state index is 14.8. The van der Waals surface area contributed by atoms with Crippen molar-refractivity contribution in [1.82, 2.24) is 19.8 Å². The topological polar surface area (TPSA) is 298 Å². The van der Waals surface area contributed by atoms with E-state index in [0.29, 0.717) is 17.2 Å². The van der Waals surface area contributed by atoms with Crippen LogP contribution in [0, 0.1) is 11.6 Å². The molecule has 6 atom stereocenters. The van der Waals surface area contributed by atoms with E-state index in [4.69, 9.17) is 37.1 Å². The van der Waals surface area contributed by atoms with Crippen LogP contribution in [0.2, 0.25) is 5.02 Å². The molecule has 0 aliphatic carbocycles. The summed E-state index contributed by atoms with van der Waals surface area (Å²) >= 11 is 5.78. The van der Waals surface area contributed by atoms with Gasteiger partial charge in [-0.05, 0) is 55.3 Å². The number of anilines is 1. The molecule has 1 aromatic heterocycles. The fourth-order valence-corrected chi connectivity index (χ4v) is 6.54. The normalized spacial score (nSPS) is 20.8. The van der Waals surface area contributed by atoms with Crippen molar-refractivity contribution in [3.05, 3.63) is 75.8 Å². The Hall–Kier alpha value is -4.29. The fraction of sp³-hybridized carbons (Fsp3) is 0.357. The lowest BCUT2D eigenvalue weighted by atomic mass is 10.1. The first-order valence-electron chi connectivity index (χ1n) is 15.0.